The van der Waals surface area contributed by atoms with Gasteiger partial charge in [-0.1, -0.05) is 6.07 Å². The molecule has 0 bridgehead atoms. The molecule has 1 heterocycles. The van der Waals surface area contributed by atoms with Crippen LogP contribution in [0.2, 0.25) is 0 Å². The molecule has 0 fully saturated rings. The number of anilines is 1. The Morgan fingerprint density at radius 1 is 1.00 bits per heavy atom. The lowest BCUT2D eigenvalue weighted by Gasteiger charge is -2.09. The SMILES string of the molecule is Cc1cc(C)cc(-n2c(=O)[nH]c3ccc(N)cc3c2=O)c1. The smallest absolute Gasteiger partial charge is 0.333 e. The summed E-state index contributed by atoms with van der Waals surface area (Å²) >= 11 is 0. The minimum Gasteiger partial charge on any atom is -0.399 e. The van der Waals surface area contributed by atoms with Crippen LogP contribution in [0.1, 0.15) is 11.1 Å². The van der Waals surface area contributed by atoms with Crippen molar-refractivity contribution >= 4 is 16.6 Å². The summed E-state index contributed by atoms with van der Waals surface area (Å²) in [5.74, 6) is 0. The van der Waals surface area contributed by atoms with Crippen LogP contribution in [0.4, 0.5) is 5.69 Å². The maximum atomic E-state index is 12.6. The van der Waals surface area contributed by atoms with Crippen LogP contribution in [0.25, 0.3) is 16.6 Å². The largest absolute Gasteiger partial charge is 0.399 e. The van der Waals surface area contributed by atoms with Crippen molar-refractivity contribution in [2.24, 2.45) is 0 Å². The Morgan fingerprint density at radius 3 is 2.33 bits per heavy atom. The molecule has 0 aliphatic rings. The van der Waals surface area contributed by atoms with Crippen LogP contribution in [0, 0.1) is 13.8 Å². The van der Waals surface area contributed by atoms with E-state index in [1.54, 1.807) is 18.2 Å². The zero-order valence-electron chi connectivity index (χ0n) is 11.8. The van der Waals surface area contributed by atoms with E-state index in [2.05, 4.69) is 4.98 Å². The number of aromatic amines is 1. The van der Waals surface area contributed by atoms with Gasteiger partial charge in [0.25, 0.3) is 5.56 Å². The maximum Gasteiger partial charge on any atom is 0.333 e. The molecule has 0 saturated heterocycles. The maximum absolute atomic E-state index is 12.6. The van der Waals surface area contributed by atoms with Gasteiger partial charge in [0.2, 0.25) is 0 Å². The van der Waals surface area contributed by atoms with Crippen molar-refractivity contribution in [3.63, 3.8) is 0 Å². The van der Waals surface area contributed by atoms with Crippen LogP contribution in [-0.2, 0) is 0 Å². The third-order valence-corrected chi connectivity index (χ3v) is 3.39. The summed E-state index contributed by atoms with van der Waals surface area (Å²) in [6, 6.07) is 10.5. The van der Waals surface area contributed by atoms with Crippen molar-refractivity contribution in [2.45, 2.75) is 13.8 Å². The van der Waals surface area contributed by atoms with Crippen molar-refractivity contribution in [1.29, 1.82) is 0 Å². The van der Waals surface area contributed by atoms with Crippen LogP contribution < -0.4 is 17.0 Å². The summed E-state index contributed by atoms with van der Waals surface area (Å²) in [4.78, 5) is 27.6. The first kappa shape index (κ1) is 13.2. The number of hydrogen-bond donors (Lipinski definition) is 2. The predicted molar refractivity (Wildman–Crippen MR) is 84.1 cm³/mol. The van der Waals surface area contributed by atoms with Gasteiger partial charge in [-0.3, -0.25) is 4.79 Å². The molecule has 0 saturated carbocycles. The van der Waals surface area contributed by atoms with Crippen molar-refractivity contribution in [1.82, 2.24) is 9.55 Å². The summed E-state index contributed by atoms with van der Waals surface area (Å²) in [5.41, 5.74) is 8.41. The zero-order chi connectivity index (χ0) is 15.1. The average Bonchev–Trinajstić information content (AvgIpc) is 2.39. The monoisotopic (exact) mass is 281 g/mol. The molecule has 106 valence electrons. The number of nitrogens with one attached hydrogen (secondary N) is 1. The lowest BCUT2D eigenvalue weighted by Crippen LogP contribution is -2.33. The van der Waals surface area contributed by atoms with E-state index in [4.69, 9.17) is 5.73 Å². The summed E-state index contributed by atoms with van der Waals surface area (Å²) in [7, 11) is 0. The van der Waals surface area contributed by atoms with E-state index in [1.807, 2.05) is 32.0 Å². The minimum absolute atomic E-state index is 0.369. The normalized spacial score (nSPS) is 11.0. The number of H-pyrrole nitrogens is 1. The van der Waals surface area contributed by atoms with Gasteiger partial charge in [0.05, 0.1) is 16.6 Å². The minimum atomic E-state index is -0.456. The number of nitrogens with zero attached hydrogens (tertiary/aromatic N) is 1. The fourth-order valence-electron chi connectivity index (χ4n) is 2.55. The van der Waals surface area contributed by atoms with E-state index in [1.165, 1.54) is 0 Å². The second-order valence-corrected chi connectivity index (χ2v) is 5.22. The van der Waals surface area contributed by atoms with Crippen LogP contribution in [0.3, 0.4) is 0 Å². The van der Waals surface area contributed by atoms with Crippen molar-refractivity contribution in [2.75, 3.05) is 5.73 Å². The first-order valence-electron chi connectivity index (χ1n) is 6.59. The molecular weight excluding hydrogens is 266 g/mol. The van der Waals surface area contributed by atoms with E-state index < -0.39 is 5.69 Å². The number of rotatable bonds is 1. The van der Waals surface area contributed by atoms with E-state index in [9.17, 15) is 9.59 Å². The van der Waals surface area contributed by atoms with Gasteiger partial charge in [-0.05, 0) is 55.3 Å². The molecule has 0 spiro atoms. The molecule has 0 aliphatic heterocycles. The third kappa shape index (κ3) is 2.23. The lowest BCUT2D eigenvalue weighted by molar-refractivity contribution is 0.898. The molecule has 0 aliphatic carbocycles. The average molecular weight is 281 g/mol. The quantitative estimate of drug-likeness (QED) is 0.668. The highest BCUT2D eigenvalue weighted by Gasteiger charge is 2.10. The Hall–Kier alpha value is -2.82. The summed E-state index contributed by atoms with van der Waals surface area (Å²) < 4.78 is 1.14. The number of benzene rings is 2. The Morgan fingerprint density at radius 2 is 1.67 bits per heavy atom. The van der Waals surface area contributed by atoms with Crippen molar-refractivity contribution in [3.8, 4) is 5.69 Å². The number of hydrogen-bond acceptors (Lipinski definition) is 3. The topological polar surface area (TPSA) is 80.9 Å². The molecule has 3 N–H and O–H groups in total. The first-order chi connectivity index (χ1) is 9.95. The van der Waals surface area contributed by atoms with Gasteiger partial charge < -0.3 is 10.7 Å². The second-order valence-electron chi connectivity index (χ2n) is 5.22. The fraction of sp³-hybridized carbons (Fsp3) is 0.125. The van der Waals surface area contributed by atoms with Crippen molar-refractivity contribution < 1.29 is 0 Å². The highest BCUT2D eigenvalue weighted by molar-refractivity contribution is 5.81. The molecular formula is C16H15N3O2. The zero-order valence-corrected chi connectivity index (χ0v) is 11.8. The Labute approximate surface area is 120 Å². The number of nitrogens with two attached hydrogens (primary N) is 1. The van der Waals surface area contributed by atoms with E-state index in [-0.39, 0.29) is 5.56 Å². The molecule has 0 amide bonds. The third-order valence-electron chi connectivity index (χ3n) is 3.39. The number of nitrogen functional groups attached to an aromatic ring is 1. The van der Waals surface area contributed by atoms with Gasteiger partial charge in [-0.25, -0.2) is 9.36 Å². The van der Waals surface area contributed by atoms with Gasteiger partial charge >= 0.3 is 5.69 Å². The van der Waals surface area contributed by atoms with Crippen LogP contribution in [0.5, 0.6) is 0 Å². The molecule has 5 heteroatoms. The number of aryl methyl sites for hydroxylation is 2. The summed E-state index contributed by atoms with van der Waals surface area (Å²) in [6.07, 6.45) is 0. The van der Waals surface area contributed by atoms with Gasteiger partial charge in [0.15, 0.2) is 0 Å². The highest BCUT2D eigenvalue weighted by Crippen LogP contribution is 2.13. The Kier molecular flexibility index (Phi) is 2.90. The fourth-order valence-corrected chi connectivity index (χ4v) is 2.55. The standard InChI is InChI=1S/C16H15N3O2/c1-9-5-10(2)7-12(6-9)19-15(20)13-8-11(17)3-4-14(13)18-16(19)21/h3-8H,17H2,1-2H3,(H,18,21). The molecule has 0 unspecified atom stereocenters. The van der Waals surface area contributed by atoms with Gasteiger partial charge in [0.1, 0.15) is 0 Å². The molecule has 0 radical (unpaired) electrons. The van der Waals surface area contributed by atoms with Gasteiger partial charge in [-0.15, -0.1) is 0 Å². The Bertz CT molecular complexity index is 947. The van der Waals surface area contributed by atoms with E-state index in [0.29, 0.717) is 22.3 Å². The molecule has 3 rings (SSSR count). The van der Waals surface area contributed by atoms with Gasteiger partial charge in [-0.2, -0.15) is 0 Å². The number of aromatic nitrogens is 2. The first-order valence-corrected chi connectivity index (χ1v) is 6.59. The van der Waals surface area contributed by atoms with Crippen molar-refractivity contribution in [3.05, 3.63) is 68.4 Å². The molecule has 5 nitrogen and oxygen atoms in total. The Balaban J connectivity index is 2.42. The molecule has 2 aromatic carbocycles. The molecule has 3 aromatic rings. The van der Waals surface area contributed by atoms with Crippen LogP contribution >= 0.6 is 0 Å². The van der Waals surface area contributed by atoms with Gasteiger partial charge in [0, 0.05) is 5.69 Å². The molecule has 0 atom stereocenters. The molecule has 21 heavy (non-hydrogen) atoms. The predicted octanol–water partition coefficient (Wildman–Crippen LogP) is 1.88. The lowest BCUT2D eigenvalue weighted by atomic mass is 10.1. The second kappa shape index (κ2) is 4.63. The summed E-state index contributed by atoms with van der Waals surface area (Å²) in [6.45, 7) is 3.85. The number of fused-ring (bicyclic) bond motifs is 1. The van der Waals surface area contributed by atoms with Crippen LogP contribution in [0.15, 0.2) is 46.0 Å². The molecule has 1 aromatic heterocycles. The van der Waals surface area contributed by atoms with E-state index in [0.717, 1.165) is 15.7 Å². The van der Waals surface area contributed by atoms with E-state index >= 15 is 0 Å². The highest BCUT2D eigenvalue weighted by atomic mass is 16.2. The van der Waals surface area contributed by atoms with Crippen LogP contribution in [-0.4, -0.2) is 9.55 Å². The summed E-state index contributed by atoms with van der Waals surface area (Å²) in [5, 5.41) is 0.397.